The van der Waals surface area contributed by atoms with Crippen LogP contribution in [-0.4, -0.2) is 36.2 Å². The molecule has 1 atom stereocenters. The number of aryl methyl sites for hydroxylation is 2. The summed E-state index contributed by atoms with van der Waals surface area (Å²) in [5, 5.41) is 7.30. The van der Waals surface area contributed by atoms with Gasteiger partial charge >= 0.3 is 0 Å². The Morgan fingerprint density at radius 1 is 1.53 bits per heavy atom. The highest BCUT2D eigenvalue weighted by Gasteiger charge is 2.22. The summed E-state index contributed by atoms with van der Waals surface area (Å²) in [6.07, 6.45) is 1.24. The maximum Gasteiger partial charge on any atom is 0.138 e. The summed E-state index contributed by atoms with van der Waals surface area (Å²) in [6, 6.07) is 0.644. The molecule has 0 radical (unpaired) electrons. The highest BCUT2D eigenvalue weighted by Crippen LogP contribution is 2.18. The Hall–Kier alpha value is -0.870. The summed E-state index contributed by atoms with van der Waals surface area (Å²) in [7, 11) is 2.03. The highest BCUT2D eigenvalue weighted by atomic mass is 16.5. The van der Waals surface area contributed by atoms with Gasteiger partial charge in [0.2, 0.25) is 0 Å². The maximum atomic E-state index is 5.17. The van der Waals surface area contributed by atoms with E-state index in [0.717, 1.165) is 31.1 Å². The molecule has 1 unspecified atom stereocenters. The lowest BCUT2D eigenvalue weighted by molar-refractivity contribution is 0.318. The molecular formula is C11H19N3O. The van der Waals surface area contributed by atoms with Gasteiger partial charge in [0.15, 0.2) is 0 Å². The van der Waals surface area contributed by atoms with E-state index in [1.807, 2.05) is 20.9 Å². The summed E-state index contributed by atoms with van der Waals surface area (Å²) in [6.45, 7) is 7.26. The van der Waals surface area contributed by atoms with E-state index >= 15 is 0 Å². The van der Waals surface area contributed by atoms with Crippen molar-refractivity contribution >= 4 is 0 Å². The van der Waals surface area contributed by atoms with E-state index < -0.39 is 0 Å². The molecule has 1 N–H and O–H groups in total. The van der Waals surface area contributed by atoms with E-state index in [1.165, 1.54) is 12.0 Å². The van der Waals surface area contributed by atoms with E-state index in [1.54, 1.807) is 0 Å². The molecule has 1 aromatic heterocycles. The van der Waals surface area contributed by atoms with Crippen molar-refractivity contribution in [2.24, 2.45) is 0 Å². The van der Waals surface area contributed by atoms with E-state index in [2.05, 4.69) is 15.4 Å². The van der Waals surface area contributed by atoms with Crippen molar-refractivity contribution in [1.29, 1.82) is 0 Å². The number of aromatic nitrogens is 1. The van der Waals surface area contributed by atoms with Crippen molar-refractivity contribution in [3.05, 3.63) is 17.0 Å². The summed E-state index contributed by atoms with van der Waals surface area (Å²) in [4.78, 5) is 2.45. The molecule has 1 aromatic rings. The normalized spacial score (nSPS) is 22.5. The van der Waals surface area contributed by atoms with Crippen LogP contribution in [0.25, 0.3) is 0 Å². The molecule has 0 aromatic carbocycles. The zero-order chi connectivity index (χ0) is 10.8. The van der Waals surface area contributed by atoms with Crippen LogP contribution in [0.15, 0.2) is 4.52 Å². The first kappa shape index (κ1) is 10.6. The topological polar surface area (TPSA) is 41.3 Å². The standard InChI is InChI=1S/C11H19N3O/c1-8-11(9(2)15-13-8)7-14-5-4-10(6-14)12-3/h10,12H,4-7H2,1-3H3. The number of likely N-dealkylation sites (tertiary alicyclic amines) is 1. The lowest BCUT2D eigenvalue weighted by atomic mass is 10.2. The van der Waals surface area contributed by atoms with Gasteiger partial charge in [-0.25, -0.2) is 0 Å². The Balaban J connectivity index is 1.98. The molecular weight excluding hydrogens is 190 g/mol. The van der Waals surface area contributed by atoms with Crippen molar-refractivity contribution in [2.75, 3.05) is 20.1 Å². The van der Waals surface area contributed by atoms with Crippen molar-refractivity contribution in [3.63, 3.8) is 0 Å². The number of nitrogens with zero attached hydrogens (tertiary/aromatic N) is 2. The number of rotatable bonds is 3. The highest BCUT2D eigenvalue weighted by molar-refractivity contribution is 5.20. The van der Waals surface area contributed by atoms with Crippen molar-refractivity contribution in [3.8, 4) is 0 Å². The van der Waals surface area contributed by atoms with E-state index in [-0.39, 0.29) is 0 Å². The van der Waals surface area contributed by atoms with Gasteiger partial charge in [-0.05, 0) is 27.3 Å². The molecule has 1 saturated heterocycles. The summed E-state index contributed by atoms with van der Waals surface area (Å²) in [5.74, 6) is 0.959. The summed E-state index contributed by atoms with van der Waals surface area (Å²) >= 11 is 0. The molecule has 0 saturated carbocycles. The molecule has 0 aliphatic carbocycles. The smallest absolute Gasteiger partial charge is 0.138 e. The van der Waals surface area contributed by atoms with Gasteiger partial charge in [-0.1, -0.05) is 5.16 Å². The van der Waals surface area contributed by atoms with Crippen LogP contribution >= 0.6 is 0 Å². The molecule has 2 heterocycles. The van der Waals surface area contributed by atoms with Gasteiger partial charge in [0.05, 0.1) is 5.69 Å². The fourth-order valence-corrected chi connectivity index (χ4v) is 2.16. The van der Waals surface area contributed by atoms with Crippen LogP contribution in [-0.2, 0) is 6.54 Å². The first-order chi connectivity index (χ1) is 7.20. The van der Waals surface area contributed by atoms with E-state index in [0.29, 0.717) is 6.04 Å². The number of nitrogens with one attached hydrogen (secondary N) is 1. The SMILES string of the molecule is CNC1CCN(Cc2c(C)noc2C)C1. The van der Waals surface area contributed by atoms with Crippen LogP contribution in [0.4, 0.5) is 0 Å². The van der Waals surface area contributed by atoms with Crippen LogP contribution in [0.1, 0.15) is 23.4 Å². The van der Waals surface area contributed by atoms with Gasteiger partial charge in [-0.15, -0.1) is 0 Å². The summed E-state index contributed by atoms with van der Waals surface area (Å²) in [5.41, 5.74) is 2.28. The average Bonchev–Trinajstić information content (AvgIpc) is 2.80. The maximum absolute atomic E-state index is 5.17. The Labute approximate surface area is 90.6 Å². The second-order valence-corrected chi connectivity index (χ2v) is 4.31. The zero-order valence-electron chi connectivity index (χ0n) is 9.71. The lowest BCUT2D eigenvalue weighted by Crippen LogP contribution is -2.29. The van der Waals surface area contributed by atoms with Crippen LogP contribution < -0.4 is 5.32 Å². The molecule has 1 aliphatic heterocycles. The first-order valence-electron chi connectivity index (χ1n) is 5.52. The van der Waals surface area contributed by atoms with Crippen molar-refractivity contribution in [2.45, 2.75) is 32.9 Å². The van der Waals surface area contributed by atoms with E-state index in [4.69, 9.17) is 4.52 Å². The third-order valence-electron chi connectivity index (χ3n) is 3.24. The number of hydrogen-bond acceptors (Lipinski definition) is 4. The molecule has 4 nitrogen and oxygen atoms in total. The third-order valence-corrected chi connectivity index (χ3v) is 3.24. The summed E-state index contributed by atoms with van der Waals surface area (Å²) < 4.78 is 5.17. The Kier molecular flexibility index (Phi) is 3.07. The predicted octanol–water partition coefficient (Wildman–Crippen LogP) is 1.09. The average molecular weight is 209 g/mol. The van der Waals surface area contributed by atoms with Gasteiger partial charge in [0.1, 0.15) is 5.76 Å². The largest absolute Gasteiger partial charge is 0.361 e. The minimum Gasteiger partial charge on any atom is -0.361 e. The molecule has 2 rings (SSSR count). The Morgan fingerprint density at radius 2 is 2.33 bits per heavy atom. The molecule has 1 aliphatic rings. The minimum atomic E-state index is 0.644. The fraction of sp³-hybridized carbons (Fsp3) is 0.727. The van der Waals surface area contributed by atoms with Crippen molar-refractivity contribution in [1.82, 2.24) is 15.4 Å². The second kappa shape index (κ2) is 4.33. The first-order valence-corrected chi connectivity index (χ1v) is 5.52. The van der Waals surface area contributed by atoms with Gasteiger partial charge in [0.25, 0.3) is 0 Å². The molecule has 4 heteroatoms. The van der Waals surface area contributed by atoms with Crippen molar-refractivity contribution < 1.29 is 4.52 Å². The minimum absolute atomic E-state index is 0.644. The molecule has 84 valence electrons. The Bertz CT molecular complexity index is 315. The molecule has 0 amide bonds. The third kappa shape index (κ3) is 2.21. The molecule has 0 spiro atoms. The molecule has 15 heavy (non-hydrogen) atoms. The monoisotopic (exact) mass is 209 g/mol. The molecule has 1 fully saturated rings. The van der Waals surface area contributed by atoms with Gasteiger partial charge in [-0.2, -0.15) is 0 Å². The quantitative estimate of drug-likeness (QED) is 0.809. The van der Waals surface area contributed by atoms with Gasteiger partial charge in [0, 0.05) is 31.2 Å². The van der Waals surface area contributed by atoms with Crippen LogP contribution in [0.5, 0.6) is 0 Å². The van der Waals surface area contributed by atoms with Crippen LogP contribution in [0.2, 0.25) is 0 Å². The fourth-order valence-electron chi connectivity index (χ4n) is 2.16. The van der Waals surface area contributed by atoms with Gasteiger partial charge < -0.3 is 9.84 Å². The van der Waals surface area contributed by atoms with Crippen LogP contribution in [0, 0.1) is 13.8 Å². The second-order valence-electron chi connectivity index (χ2n) is 4.31. The Morgan fingerprint density at radius 3 is 2.87 bits per heavy atom. The predicted molar refractivity (Wildman–Crippen MR) is 58.7 cm³/mol. The molecule has 0 bridgehead atoms. The lowest BCUT2D eigenvalue weighted by Gasteiger charge is -2.15. The van der Waals surface area contributed by atoms with Crippen LogP contribution in [0.3, 0.4) is 0 Å². The number of hydrogen-bond donors (Lipinski definition) is 1. The number of likely N-dealkylation sites (N-methyl/N-ethyl adjacent to an activating group) is 1. The van der Waals surface area contributed by atoms with E-state index in [9.17, 15) is 0 Å². The van der Waals surface area contributed by atoms with Gasteiger partial charge in [-0.3, -0.25) is 4.90 Å². The zero-order valence-corrected chi connectivity index (χ0v) is 9.71.